The highest BCUT2D eigenvalue weighted by atomic mass is 16.2. The molecule has 0 saturated carbocycles. The van der Waals surface area contributed by atoms with Gasteiger partial charge in [-0.2, -0.15) is 5.10 Å². The van der Waals surface area contributed by atoms with Gasteiger partial charge >= 0.3 is 0 Å². The summed E-state index contributed by atoms with van der Waals surface area (Å²) < 4.78 is 1.79. The largest absolute Gasteiger partial charge is 0.342 e. The standard InChI is InChI=1S/C21H29N3O/c1-17-6-3-4-8-20(17)11-9-18-7-5-13-24(16-18)21(25)12-10-19-14-22-23(2)15-19/h3-4,6,8,14-15,18H,5,7,9-13,16H2,1-2H3/t18-/m0/s1. The SMILES string of the molecule is Cc1ccccc1CC[C@@H]1CCCN(C(=O)CCc2cnn(C)c2)C1. The van der Waals surface area contributed by atoms with Gasteiger partial charge in [-0.25, -0.2) is 0 Å². The van der Waals surface area contributed by atoms with E-state index in [9.17, 15) is 4.79 Å². The van der Waals surface area contributed by atoms with Crippen LogP contribution in [0.1, 0.15) is 42.4 Å². The summed E-state index contributed by atoms with van der Waals surface area (Å²) in [6, 6.07) is 8.64. The van der Waals surface area contributed by atoms with E-state index in [-0.39, 0.29) is 0 Å². The first-order chi connectivity index (χ1) is 12.1. The normalized spacial score (nSPS) is 17.7. The molecule has 2 heterocycles. The molecule has 0 radical (unpaired) electrons. The molecule has 4 heteroatoms. The average molecular weight is 339 g/mol. The van der Waals surface area contributed by atoms with Gasteiger partial charge < -0.3 is 4.90 Å². The van der Waals surface area contributed by atoms with Crippen molar-refractivity contribution in [3.05, 3.63) is 53.3 Å². The number of hydrogen-bond donors (Lipinski definition) is 0. The van der Waals surface area contributed by atoms with Crippen molar-refractivity contribution in [2.75, 3.05) is 13.1 Å². The lowest BCUT2D eigenvalue weighted by Gasteiger charge is -2.33. The van der Waals surface area contributed by atoms with Gasteiger partial charge in [0.25, 0.3) is 0 Å². The van der Waals surface area contributed by atoms with Crippen LogP contribution in [0, 0.1) is 12.8 Å². The quantitative estimate of drug-likeness (QED) is 0.807. The average Bonchev–Trinajstić information content (AvgIpc) is 3.04. The molecule has 1 atom stereocenters. The summed E-state index contributed by atoms with van der Waals surface area (Å²) in [7, 11) is 1.91. The topological polar surface area (TPSA) is 38.1 Å². The van der Waals surface area contributed by atoms with E-state index >= 15 is 0 Å². The molecule has 3 rings (SSSR count). The van der Waals surface area contributed by atoms with Crippen LogP contribution >= 0.6 is 0 Å². The van der Waals surface area contributed by atoms with Crippen LogP contribution in [-0.2, 0) is 24.7 Å². The van der Waals surface area contributed by atoms with Crippen LogP contribution in [0.3, 0.4) is 0 Å². The molecule has 0 spiro atoms. The minimum absolute atomic E-state index is 0.296. The Morgan fingerprint density at radius 3 is 2.88 bits per heavy atom. The fourth-order valence-electron chi connectivity index (χ4n) is 3.79. The number of rotatable bonds is 6. The second kappa shape index (κ2) is 8.32. The summed E-state index contributed by atoms with van der Waals surface area (Å²) in [5.41, 5.74) is 3.97. The fraction of sp³-hybridized carbons (Fsp3) is 0.524. The van der Waals surface area contributed by atoms with Crippen molar-refractivity contribution >= 4 is 5.91 Å². The second-order valence-corrected chi connectivity index (χ2v) is 7.34. The third kappa shape index (κ3) is 4.94. The van der Waals surface area contributed by atoms with Gasteiger partial charge in [0, 0.05) is 32.8 Å². The molecule has 134 valence electrons. The maximum atomic E-state index is 12.6. The number of amides is 1. The van der Waals surface area contributed by atoms with Crippen LogP contribution < -0.4 is 0 Å². The van der Waals surface area contributed by atoms with Crippen molar-refractivity contribution in [3.8, 4) is 0 Å². The van der Waals surface area contributed by atoms with Crippen LogP contribution in [0.25, 0.3) is 0 Å². The first-order valence-electron chi connectivity index (χ1n) is 9.41. The van der Waals surface area contributed by atoms with E-state index in [1.54, 1.807) is 4.68 Å². The molecule has 1 aromatic heterocycles. The summed E-state index contributed by atoms with van der Waals surface area (Å²) in [6.45, 7) is 4.04. The molecule has 0 N–H and O–H groups in total. The van der Waals surface area contributed by atoms with Crippen LogP contribution in [0.5, 0.6) is 0 Å². The van der Waals surface area contributed by atoms with Gasteiger partial charge in [-0.3, -0.25) is 9.48 Å². The van der Waals surface area contributed by atoms with Crippen molar-refractivity contribution in [2.24, 2.45) is 13.0 Å². The minimum Gasteiger partial charge on any atom is -0.342 e. The Labute approximate surface area is 150 Å². The summed E-state index contributed by atoms with van der Waals surface area (Å²) in [4.78, 5) is 14.6. The molecule has 1 saturated heterocycles. The first kappa shape index (κ1) is 17.7. The highest BCUT2D eigenvalue weighted by molar-refractivity contribution is 5.76. The van der Waals surface area contributed by atoms with Crippen LogP contribution in [-0.4, -0.2) is 33.7 Å². The van der Waals surface area contributed by atoms with Gasteiger partial charge in [0.1, 0.15) is 0 Å². The number of aromatic nitrogens is 2. The van der Waals surface area contributed by atoms with E-state index in [1.807, 2.05) is 19.4 Å². The maximum Gasteiger partial charge on any atom is 0.222 e. The zero-order valence-electron chi connectivity index (χ0n) is 15.4. The van der Waals surface area contributed by atoms with Crippen molar-refractivity contribution in [3.63, 3.8) is 0 Å². The van der Waals surface area contributed by atoms with Crippen molar-refractivity contribution in [1.82, 2.24) is 14.7 Å². The Kier molecular flexibility index (Phi) is 5.90. The third-order valence-corrected chi connectivity index (χ3v) is 5.34. The van der Waals surface area contributed by atoms with E-state index < -0.39 is 0 Å². The first-order valence-corrected chi connectivity index (χ1v) is 9.41. The molecule has 4 nitrogen and oxygen atoms in total. The van der Waals surface area contributed by atoms with Gasteiger partial charge in [0.05, 0.1) is 6.20 Å². The minimum atomic E-state index is 0.296. The highest BCUT2D eigenvalue weighted by Gasteiger charge is 2.23. The monoisotopic (exact) mass is 339 g/mol. The highest BCUT2D eigenvalue weighted by Crippen LogP contribution is 2.23. The summed E-state index contributed by atoms with van der Waals surface area (Å²) in [5.74, 6) is 0.931. The predicted molar refractivity (Wildman–Crippen MR) is 100 cm³/mol. The van der Waals surface area contributed by atoms with E-state index in [1.165, 1.54) is 24.0 Å². The number of carbonyl (C=O) groups excluding carboxylic acids is 1. The lowest BCUT2D eigenvalue weighted by Crippen LogP contribution is -2.40. The molecule has 1 aromatic carbocycles. The predicted octanol–water partition coefficient (Wildman–Crippen LogP) is 3.53. The van der Waals surface area contributed by atoms with Crippen molar-refractivity contribution in [2.45, 2.75) is 45.4 Å². The third-order valence-electron chi connectivity index (χ3n) is 5.34. The Morgan fingerprint density at radius 1 is 1.28 bits per heavy atom. The van der Waals surface area contributed by atoms with Gasteiger partial charge in [-0.15, -0.1) is 0 Å². The number of benzene rings is 1. The number of hydrogen-bond acceptors (Lipinski definition) is 2. The van der Waals surface area contributed by atoms with Gasteiger partial charge in [0.2, 0.25) is 5.91 Å². The van der Waals surface area contributed by atoms with E-state index in [2.05, 4.69) is 41.2 Å². The van der Waals surface area contributed by atoms with Gasteiger partial charge in [-0.1, -0.05) is 24.3 Å². The number of nitrogens with zero attached hydrogens (tertiary/aromatic N) is 3. The van der Waals surface area contributed by atoms with E-state index in [0.717, 1.165) is 37.9 Å². The summed E-state index contributed by atoms with van der Waals surface area (Å²) in [5, 5.41) is 4.17. The molecule has 1 aliphatic heterocycles. The smallest absolute Gasteiger partial charge is 0.222 e. The maximum absolute atomic E-state index is 12.6. The molecular formula is C21H29N3O. The van der Waals surface area contributed by atoms with E-state index in [4.69, 9.17) is 0 Å². The van der Waals surface area contributed by atoms with Crippen LogP contribution in [0.4, 0.5) is 0 Å². The van der Waals surface area contributed by atoms with Crippen molar-refractivity contribution in [1.29, 1.82) is 0 Å². The Balaban J connectivity index is 1.47. The number of aryl methyl sites for hydroxylation is 4. The molecule has 1 amide bonds. The second-order valence-electron chi connectivity index (χ2n) is 7.34. The van der Waals surface area contributed by atoms with Crippen LogP contribution in [0.15, 0.2) is 36.7 Å². The van der Waals surface area contributed by atoms with Crippen molar-refractivity contribution < 1.29 is 4.79 Å². The molecule has 0 bridgehead atoms. The Bertz CT molecular complexity index is 707. The molecule has 0 aliphatic carbocycles. The molecule has 2 aromatic rings. The molecule has 0 unspecified atom stereocenters. The van der Waals surface area contributed by atoms with E-state index in [0.29, 0.717) is 18.2 Å². The molecule has 1 aliphatic rings. The lowest BCUT2D eigenvalue weighted by molar-refractivity contribution is -0.133. The lowest BCUT2D eigenvalue weighted by atomic mass is 9.90. The fourth-order valence-corrected chi connectivity index (χ4v) is 3.79. The molecule has 25 heavy (non-hydrogen) atoms. The zero-order chi connectivity index (χ0) is 17.6. The zero-order valence-corrected chi connectivity index (χ0v) is 15.4. The number of piperidine rings is 1. The summed E-state index contributed by atoms with van der Waals surface area (Å²) in [6.07, 6.45) is 9.91. The molecular weight excluding hydrogens is 310 g/mol. The Hall–Kier alpha value is -2.10. The molecule has 1 fully saturated rings. The van der Waals surface area contributed by atoms with Crippen LogP contribution in [0.2, 0.25) is 0 Å². The van der Waals surface area contributed by atoms with Gasteiger partial charge in [-0.05, 0) is 61.6 Å². The Morgan fingerprint density at radius 2 is 2.12 bits per heavy atom. The summed E-state index contributed by atoms with van der Waals surface area (Å²) >= 11 is 0. The number of carbonyl (C=O) groups is 1. The number of likely N-dealkylation sites (tertiary alicyclic amines) is 1. The van der Waals surface area contributed by atoms with Gasteiger partial charge in [0.15, 0.2) is 0 Å².